The maximum atomic E-state index is 13.3. The minimum atomic E-state index is -0.891. The van der Waals surface area contributed by atoms with Crippen LogP contribution >= 0.6 is 0 Å². The zero-order valence-corrected chi connectivity index (χ0v) is 10.00. The molecule has 1 fully saturated rings. The normalized spacial score (nSPS) is 16.1. The van der Waals surface area contributed by atoms with Gasteiger partial charge in [0.15, 0.2) is 0 Å². The van der Waals surface area contributed by atoms with Gasteiger partial charge in [-0.1, -0.05) is 6.07 Å². The number of aryl methyl sites for hydroxylation is 1. The molecule has 0 saturated heterocycles. The molecule has 1 aromatic carbocycles. The molecule has 1 saturated carbocycles. The molecule has 1 aliphatic rings. The molecule has 2 rings (SSSR count). The van der Waals surface area contributed by atoms with E-state index in [9.17, 15) is 14.0 Å². The van der Waals surface area contributed by atoms with Crippen LogP contribution in [0.4, 0.5) is 4.39 Å². The predicted octanol–water partition coefficient (Wildman–Crippen LogP) is 1.73. The van der Waals surface area contributed by atoms with Crippen molar-refractivity contribution >= 4 is 11.9 Å². The fourth-order valence-electron chi connectivity index (χ4n) is 1.70. The van der Waals surface area contributed by atoms with Crippen molar-refractivity contribution in [1.82, 2.24) is 5.32 Å². The van der Waals surface area contributed by atoms with Crippen molar-refractivity contribution in [2.24, 2.45) is 5.41 Å². The van der Waals surface area contributed by atoms with Crippen LogP contribution in [0.15, 0.2) is 18.2 Å². The molecular formula is C13H14FNO3. The Hall–Kier alpha value is -1.91. The van der Waals surface area contributed by atoms with Crippen molar-refractivity contribution in [3.05, 3.63) is 35.1 Å². The van der Waals surface area contributed by atoms with Gasteiger partial charge >= 0.3 is 5.97 Å². The summed E-state index contributed by atoms with van der Waals surface area (Å²) in [5.41, 5.74) is -0.131. The number of carbonyl (C=O) groups is 2. The Morgan fingerprint density at radius 1 is 1.44 bits per heavy atom. The molecule has 0 aliphatic heterocycles. The summed E-state index contributed by atoms with van der Waals surface area (Å²) < 4.78 is 13.3. The molecule has 0 bridgehead atoms. The van der Waals surface area contributed by atoms with E-state index in [0.717, 1.165) is 6.07 Å². The summed E-state index contributed by atoms with van der Waals surface area (Å²) in [4.78, 5) is 22.7. The molecule has 0 aromatic heterocycles. The molecule has 4 nitrogen and oxygen atoms in total. The van der Waals surface area contributed by atoms with Gasteiger partial charge in [-0.3, -0.25) is 9.59 Å². The third-order valence-electron chi connectivity index (χ3n) is 3.33. The highest BCUT2D eigenvalue weighted by Crippen LogP contribution is 2.45. The molecular weight excluding hydrogens is 237 g/mol. The summed E-state index contributed by atoms with van der Waals surface area (Å²) in [6.45, 7) is 1.71. The van der Waals surface area contributed by atoms with Gasteiger partial charge in [-0.25, -0.2) is 4.39 Å². The average molecular weight is 251 g/mol. The van der Waals surface area contributed by atoms with Crippen LogP contribution in [-0.2, 0) is 4.79 Å². The predicted molar refractivity (Wildman–Crippen MR) is 62.8 cm³/mol. The van der Waals surface area contributed by atoms with E-state index in [4.69, 9.17) is 5.11 Å². The fourth-order valence-corrected chi connectivity index (χ4v) is 1.70. The minimum absolute atomic E-state index is 0.0939. The van der Waals surface area contributed by atoms with E-state index in [1.807, 2.05) is 0 Å². The highest BCUT2D eigenvalue weighted by molar-refractivity contribution is 5.94. The van der Waals surface area contributed by atoms with Gasteiger partial charge in [0.1, 0.15) is 5.82 Å². The van der Waals surface area contributed by atoms with E-state index in [0.29, 0.717) is 18.4 Å². The minimum Gasteiger partial charge on any atom is -0.481 e. The van der Waals surface area contributed by atoms with Crippen molar-refractivity contribution in [2.45, 2.75) is 19.8 Å². The lowest BCUT2D eigenvalue weighted by molar-refractivity contribution is -0.143. The lowest BCUT2D eigenvalue weighted by atomic mass is 10.1. The van der Waals surface area contributed by atoms with Crippen LogP contribution in [0.5, 0.6) is 0 Å². The second-order valence-electron chi connectivity index (χ2n) is 4.73. The second kappa shape index (κ2) is 4.40. The number of carboxylic acids is 1. The van der Waals surface area contributed by atoms with Crippen molar-refractivity contribution < 1.29 is 19.1 Å². The lowest BCUT2D eigenvalue weighted by Gasteiger charge is -2.11. The summed E-state index contributed by atoms with van der Waals surface area (Å²) in [6, 6.07) is 4.20. The number of halogens is 1. The fraction of sp³-hybridized carbons (Fsp3) is 0.385. The molecule has 5 heteroatoms. The van der Waals surface area contributed by atoms with Gasteiger partial charge in [-0.2, -0.15) is 0 Å². The van der Waals surface area contributed by atoms with Gasteiger partial charge in [-0.05, 0) is 37.5 Å². The first kappa shape index (κ1) is 12.5. The Labute approximate surface area is 104 Å². The zero-order chi connectivity index (χ0) is 13.3. The Morgan fingerprint density at radius 3 is 2.61 bits per heavy atom. The number of nitrogens with one attached hydrogen (secondary N) is 1. The summed E-state index contributed by atoms with van der Waals surface area (Å²) >= 11 is 0. The molecule has 0 unspecified atom stereocenters. The average Bonchev–Trinajstić information content (AvgIpc) is 3.11. The van der Waals surface area contributed by atoms with E-state index in [1.54, 1.807) is 6.92 Å². The number of aliphatic carboxylic acids is 1. The Balaban J connectivity index is 2.00. The van der Waals surface area contributed by atoms with E-state index in [-0.39, 0.29) is 12.1 Å². The van der Waals surface area contributed by atoms with Gasteiger partial charge in [-0.15, -0.1) is 0 Å². The van der Waals surface area contributed by atoms with Crippen LogP contribution in [-0.4, -0.2) is 23.5 Å². The number of hydrogen-bond acceptors (Lipinski definition) is 2. The molecule has 18 heavy (non-hydrogen) atoms. The topological polar surface area (TPSA) is 66.4 Å². The van der Waals surface area contributed by atoms with Crippen LogP contribution in [0.25, 0.3) is 0 Å². The van der Waals surface area contributed by atoms with Crippen LogP contribution in [0.3, 0.4) is 0 Å². The quantitative estimate of drug-likeness (QED) is 0.856. The summed E-state index contributed by atoms with van der Waals surface area (Å²) in [5.74, 6) is -1.78. The van der Waals surface area contributed by atoms with Crippen molar-refractivity contribution in [1.29, 1.82) is 0 Å². The van der Waals surface area contributed by atoms with E-state index in [2.05, 4.69) is 5.32 Å². The molecule has 1 amide bonds. The SMILES string of the molecule is Cc1ccc(C(=O)NCC2(C(=O)O)CC2)cc1F. The third-order valence-corrected chi connectivity index (χ3v) is 3.33. The maximum Gasteiger partial charge on any atom is 0.311 e. The first-order chi connectivity index (χ1) is 8.44. The number of benzene rings is 1. The largest absolute Gasteiger partial charge is 0.481 e. The molecule has 0 heterocycles. The number of amides is 1. The summed E-state index contributed by atoms with van der Waals surface area (Å²) in [7, 11) is 0. The molecule has 1 aliphatic carbocycles. The van der Waals surface area contributed by atoms with Crippen molar-refractivity contribution in [3.8, 4) is 0 Å². The Bertz CT molecular complexity index is 509. The van der Waals surface area contributed by atoms with Crippen molar-refractivity contribution in [3.63, 3.8) is 0 Å². The number of hydrogen-bond donors (Lipinski definition) is 2. The highest BCUT2D eigenvalue weighted by Gasteiger charge is 2.50. The molecule has 0 atom stereocenters. The number of carbonyl (C=O) groups excluding carboxylic acids is 1. The van der Waals surface area contributed by atoms with Crippen molar-refractivity contribution in [2.75, 3.05) is 6.54 Å². The molecule has 96 valence electrons. The zero-order valence-electron chi connectivity index (χ0n) is 10.00. The monoisotopic (exact) mass is 251 g/mol. The van der Waals surface area contributed by atoms with Crippen LogP contribution < -0.4 is 5.32 Å². The van der Waals surface area contributed by atoms with Crippen LogP contribution in [0, 0.1) is 18.2 Å². The van der Waals surface area contributed by atoms with Gasteiger partial charge in [0, 0.05) is 12.1 Å². The van der Waals surface area contributed by atoms with Crippen LogP contribution in [0.1, 0.15) is 28.8 Å². The number of carboxylic acid groups (broad SMARTS) is 1. The smallest absolute Gasteiger partial charge is 0.311 e. The molecule has 0 spiro atoms. The summed E-state index contributed by atoms with van der Waals surface area (Å²) in [5, 5.41) is 11.5. The van der Waals surface area contributed by atoms with Gasteiger partial charge in [0.25, 0.3) is 5.91 Å². The second-order valence-corrected chi connectivity index (χ2v) is 4.73. The third kappa shape index (κ3) is 2.34. The molecule has 2 N–H and O–H groups in total. The molecule has 1 aromatic rings. The maximum absolute atomic E-state index is 13.3. The van der Waals surface area contributed by atoms with E-state index in [1.165, 1.54) is 12.1 Å². The van der Waals surface area contributed by atoms with Gasteiger partial charge in [0.2, 0.25) is 0 Å². The first-order valence-corrected chi connectivity index (χ1v) is 5.72. The van der Waals surface area contributed by atoms with E-state index >= 15 is 0 Å². The number of rotatable bonds is 4. The van der Waals surface area contributed by atoms with Crippen LogP contribution in [0.2, 0.25) is 0 Å². The molecule has 0 radical (unpaired) electrons. The van der Waals surface area contributed by atoms with Gasteiger partial charge in [0.05, 0.1) is 5.41 Å². The first-order valence-electron chi connectivity index (χ1n) is 5.72. The van der Waals surface area contributed by atoms with Gasteiger partial charge < -0.3 is 10.4 Å². The highest BCUT2D eigenvalue weighted by atomic mass is 19.1. The Morgan fingerprint density at radius 2 is 2.11 bits per heavy atom. The summed E-state index contributed by atoms with van der Waals surface area (Å²) in [6.07, 6.45) is 1.15. The standard InChI is InChI=1S/C13H14FNO3/c1-8-2-3-9(6-10(8)14)11(16)15-7-13(4-5-13)12(17)18/h2-3,6H,4-5,7H2,1H3,(H,15,16)(H,17,18). The Kier molecular flexibility index (Phi) is 3.07. The lowest BCUT2D eigenvalue weighted by Crippen LogP contribution is -2.34. The van der Waals surface area contributed by atoms with E-state index < -0.39 is 23.1 Å².